The summed E-state index contributed by atoms with van der Waals surface area (Å²) in [5.41, 5.74) is -1.07. The maximum Gasteiger partial charge on any atom is 0.335 e. The predicted octanol–water partition coefficient (Wildman–Crippen LogP) is 0.903. The molecule has 0 spiro atoms. The third-order valence-corrected chi connectivity index (χ3v) is 1.84. The Morgan fingerprint density at radius 2 is 2.08 bits per heavy atom. The number of hydrogen-bond acceptors (Lipinski definition) is 3. The lowest BCUT2D eigenvalue weighted by Gasteiger charge is -2.23. The van der Waals surface area contributed by atoms with E-state index in [1.54, 1.807) is 21.0 Å². The first kappa shape index (κ1) is 11.4. The number of ether oxygens (including phenoxy) is 2. The van der Waals surface area contributed by atoms with Gasteiger partial charge >= 0.3 is 5.97 Å². The number of carbonyl (C=O) groups is 1. The second-order valence-electron chi connectivity index (χ2n) is 2.73. The van der Waals surface area contributed by atoms with Crippen molar-refractivity contribution in [3.05, 3.63) is 0 Å². The van der Waals surface area contributed by atoms with Gasteiger partial charge in [0, 0.05) is 7.11 Å². The highest BCUT2D eigenvalue weighted by Gasteiger charge is 2.31. The lowest BCUT2D eigenvalue weighted by molar-refractivity contribution is -0.165. The molecule has 0 amide bonds. The SMILES string of the molecule is CCC(C)(OCCOC)C(=O)O. The zero-order chi connectivity index (χ0) is 9.61. The van der Waals surface area contributed by atoms with Gasteiger partial charge in [-0.3, -0.25) is 0 Å². The number of carboxylic acids is 1. The van der Waals surface area contributed by atoms with Gasteiger partial charge in [-0.15, -0.1) is 0 Å². The summed E-state index contributed by atoms with van der Waals surface area (Å²) in [6.07, 6.45) is 0.450. The van der Waals surface area contributed by atoms with E-state index in [0.717, 1.165) is 0 Å². The lowest BCUT2D eigenvalue weighted by Crippen LogP contribution is -2.38. The first-order chi connectivity index (χ1) is 5.56. The third kappa shape index (κ3) is 3.19. The van der Waals surface area contributed by atoms with Gasteiger partial charge < -0.3 is 14.6 Å². The standard InChI is InChI=1S/C8H16O4/c1-4-8(2,7(9)10)12-6-5-11-3/h4-6H2,1-3H3,(H,9,10). The molecule has 1 unspecified atom stereocenters. The van der Waals surface area contributed by atoms with Crippen molar-refractivity contribution in [2.24, 2.45) is 0 Å². The summed E-state index contributed by atoms with van der Waals surface area (Å²) in [5.74, 6) is -0.930. The van der Waals surface area contributed by atoms with Crippen molar-refractivity contribution in [3.63, 3.8) is 0 Å². The van der Waals surface area contributed by atoms with Crippen LogP contribution in [-0.4, -0.2) is 37.0 Å². The zero-order valence-electron chi connectivity index (χ0n) is 7.79. The maximum absolute atomic E-state index is 10.7. The average molecular weight is 176 g/mol. The Morgan fingerprint density at radius 3 is 2.42 bits per heavy atom. The first-order valence-corrected chi connectivity index (χ1v) is 3.93. The Kier molecular flexibility index (Phi) is 4.85. The summed E-state index contributed by atoms with van der Waals surface area (Å²) in [6.45, 7) is 4.07. The van der Waals surface area contributed by atoms with E-state index in [2.05, 4.69) is 0 Å². The molecule has 0 saturated heterocycles. The van der Waals surface area contributed by atoms with E-state index < -0.39 is 11.6 Å². The van der Waals surface area contributed by atoms with Crippen LogP contribution in [0.1, 0.15) is 20.3 Å². The van der Waals surface area contributed by atoms with E-state index >= 15 is 0 Å². The number of methoxy groups -OCH3 is 1. The quantitative estimate of drug-likeness (QED) is 0.611. The van der Waals surface area contributed by atoms with Crippen LogP contribution in [0, 0.1) is 0 Å². The summed E-state index contributed by atoms with van der Waals surface area (Å²) in [4.78, 5) is 10.7. The number of aliphatic carboxylic acids is 1. The van der Waals surface area contributed by atoms with Crippen molar-refractivity contribution in [2.45, 2.75) is 25.9 Å². The van der Waals surface area contributed by atoms with Crippen LogP contribution >= 0.6 is 0 Å². The zero-order valence-corrected chi connectivity index (χ0v) is 7.79. The molecule has 0 aliphatic rings. The molecule has 0 heterocycles. The van der Waals surface area contributed by atoms with Gasteiger partial charge in [0.1, 0.15) is 0 Å². The Hall–Kier alpha value is -0.610. The highest BCUT2D eigenvalue weighted by atomic mass is 16.5. The van der Waals surface area contributed by atoms with E-state index in [9.17, 15) is 4.79 Å². The summed E-state index contributed by atoms with van der Waals surface area (Å²) < 4.78 is 9.90. The summed E-state index contributed by atoms with van der Waals surface area (Å²) in [7, 11) is 1.55. The molecule has 0 aromatic rings. The van der Waals surface area contributed by atoms with Gasteiger partial charge in [-0.05, 0) is 13.3 Å². The molecule has 0 radical (unpaired) electrons. The summed E-state index contributed by atoms with van der Waals surface area (Å²) in [5, 5.41) is 8.77. The van der Waals surface area contributed by atoms with Crippen LogP contribution in [0.3, 0.4) is 0 Å². The van der Waals surface area contributed by atoms with Crippen LogP contribution in [0.25, 0.3) is 0 Å². The van der Waals surface area contributed by atoms with Crippen molar-refractivity contribution in [2.75, 3.05) is 20.3 Å². The topological polar surface area (TPSA) is 55.8 Å². The number of hydrogen-bond donors (Lipinski definition) is 1. The Labute approximate surface area is 72.5 Å². The molecule has 12 heavy (non-hydrogen) atoms. The van der Waals surface area contributed by atoms with Crippen LogP contribution in [0.4, 0.5) is 0 Å². The normalized spacial score (nSPS) is 15.6. The van der Waals surface area contributed by atoms with Crippen molar-refractivity contribution < 1.29 is 19.4 Å². The average Bonchev–Trinajstić information content (AvgIpc) is 2.04. The molecule has 4 heteroatoms. The molecular formula is C8H16O4. The molecule has 0 aliphatic carbocycles. The molecule has 0 aromatic heterocycles. The Morgan fingerprint density at radius 1 is 1.50 bits per heavy atom. The minimum atomic E-state index is -1.07. The van der Waals surface area contributed by atoms with Gasteiger partial charge in [0.25, 0.3) is 0 Å². The molecule has 4 nitrogen and oxygen atoms in total. The smallest absolute Gasteiger partial charge is 0.335 e. The molecule has 0 fully saturated rings. The van der Waals surface area contributed by atoms with Gasteiger partial charge in [-0.2, -0.15) is 0 Å². The Balaban J connectivity index is 3.88. The van der Waals surface area contributed by atoms with Crippen LogP contribution in [-0.2, 0) is 14.3 Å². The van der Waals surface area contributed by atoms with Crippen LogP contribution in [0.2, 0.25) is 0 Å². The Bertz CT molecular complexity index is 146. The minimum Gasteiger partial charge on any atom is -0.479 e. The van der Waals surface area contributed by atoms with Gasteiger partial charge in [-0.1, -0.05) is 6.92 Å². The fraction of sp³-hybridized carbons (Fsp3) is 0.875. The molecule has 0 bridgehead atoms. The van der Waals surface area contributed by atoms with E-state index in [-0.39, 0.29) is 0 Å². The summed E-state index contributed by atoms with van der Waals surface area (Å²) >= 11 is 0. The molecular weight excluding hydrogens is 160 g/mol. The van der Waals surface area contributed by atoms with E-state index in [4.69, 9.17) is 14.6 Å². The van der Waals surface area contributed by atoms with Crippen molar-refractivity contribution in [1.29, 1.82) is 0 Å². The molecule has 0 saturated carbocycles. The fourth-order valence-electron chi connectivity index (χ4n) is 0.665. The third-order valence-electron chi connectivity index (χ3n) is 1.84. The molecule has 0 rings (SSSR count). The van der Waals surface area contributed by atoms with Crippen LogP contribution in [0.15, 0.2) is 0 Å². The van der Waals surface area contributed by atoms with E-state index in [0.29, 0.717) is 19.6 Å². The van der Waals surface area contributed by atoms with Gasteiger partial charge in [0.2, 0.25) is 0 Å². The second kappa shape index (κ2) is 5.11. The van der Waals surface area contributed by atoms with Gasteiger partial charge in [-0.25, -0.2) is 4.79 Å². The van der Waals surface area contributed by atoms with Gasteiger partial charge in [0.15, 0.2) is 5.60 Å². The lowest BCUT2D eigenvalue weighted by atomic mass is 10.0. The predicted molar refractivity (Wildman–Crippen MR) is 44.2 cm³/mol. The monoisotopic (exact) mass is 176 g/mol. The largest absolute Gasteiger partial charge is 0.479 e. The minimum absolute atomic E-state index is 0.313. The maximum atomic E-state index is 10.7. The number of carboxylic acid groups (broad SMARTS) is 1. The number of rotatable bonds is 6. The van der Waals surface area contributed by atoms with Crippen LogP contribution in [0.5, 0.6) is 0 Å². The van der Waals surface area contributed by atoms with E-state index in [1.165, 1.54) is 0 Å². The van der Waals surface area contributed by atoms with Gasteiger partial charge in [0.05, 0.1) is 13.2 Å². The van der Waals surface area contributed by atoms with Crippen molar-refractivity contribution in [1.82, 2.24) is 0 Å². The van der Waals surface area contributed by atoms with E-state index in [1.807, 2.05) is 0 Å². The molecule has 0 aromatic carbocycles. The first-order valence-electron chi connectivity index (χ1n) is 3.93. The van der Waals surface area contributed by atoms with Crippen LogP contribution < -0.4 is 0 Å². The fourth-order valence-corrected chi connectivity index (χ4v) is 0.665. The highest BCUT2D eigenvalue weighted by Crippen LogP contribution is 2.14. The highest BCUT2D eigenvalue weighted by molar-refractivity contribution is 5.76. The van der Waals surface area contributed by atoms with Crippen molar-refractivity contribution in [3.8, 4) is 0 Å². The molecule has 1 atom stereocenters. The molecule has 1 N–H and O–H groups in total. The van der Waals surface area contributed by atoms with Crippen molar-refractivity contribution >= 4 is 5.97 Å². The summed E-state index contributed by atoms with van der Waals surface area (Å²) in [6, 6.07) is 0. The second-order valence-corrected chi connectivity index (χ2v) is 2.73. The molecule has 0 aliphatic heterocycles. The molecule has 72 valence electrons.